The van der Waals surface area contributed by atoms with Gasteiger partial charge in [0.25, 0.3) is 5.91 Å². The zero-order chi connectivity index (χ0) is 22.9. The zero-order valence-corrected chi connectivity index (χ0v) is 19.6. The van der Waals surface area contributed by atoms with E-state index < -0.39 is 31.8 Å². The number of nitrogens with one attached hydrogen (secondary N) is 2. The summed E-state index contributed by atoms with van der Waals surface area (Å²) in [6, 6.07) is 12.8. The van der Waals surface area contributed by atoms with Crippen LogP contribution in [0.25, 0.3) is 11.3 Å². The molecule has 0 radical (unpaired) electrons. The largest absolute Gasteiger partial charge is 0.298 e. The van der Waals surface area contributed by atoms with Gasteiger partial charge in [-0.2, -0.15) is 0 Å². The van der Waals surface area contributed by atoms with E-state index in [2.05, 4.69) is 15.0 Å². The van der Waals surface area contributed by atoms with Gasteiger partial charge in [-0.3, -0.25) is 10.1 Å². The monoisotopic (exact) mass is 491 g/mol. The van der Waals surface area contributed by atoms with Crippen LogP contribution in [0.2, 0.25) is 0 Å². The molecule has 1 fully saturated rings. The Morgan fingerprint density at radius 2 is 1.91 bits per heavy atom. The Kier molecular flexibility index (Phi) is 6.17. The first-order valence-corrected chi connectivity index (χ1v) is 14.0. The predicted octanol–water partition coefficient (Wildman–Crippen LogP) is 2.84. The summed E-state index contributed by atoms with van der Waals surface area (Å²) in [5.41, 5.74) is 2.95. The van der Waals surface area contributed by atoms with Crippen LogP contribution in [-0.4, -0.2) is 45.3 Å². The van der Waals surface area contributed by atoms with E-state index in [9.17, 15) is 21.6 Å². The highest BCUT2D eigenvalue weighted by Gasteiger charge is 2.31. The highest BCUT2D eigenvalue weighted by atomic mass is 32.2. The molecule has 11 heteroatoms. The number of rotatable bonds is 6. The second kappa shape index (κ2) is 8.74. The summed E-state index contributed by atoms with van der Waals surface area (Å²) in [5, 5.41) is 4.93. The maximum atomic E-state index is 12.7. The molecule has 1 aliphatic rings. The fourth-order valence-electron chi connectivity index (χ4n) is 3.34. The standard InChI is InChI=1S/C21H21N3O5S3/c1-14-5-7-15(8-6-14)19-12-30-21(22-19)23-20(25)16-3-2-4-18(11-16)32(28,29)24-17-9-10-31(26,27)13-17/h2-8,11-12,17,24H,9-10,13H2,1H3,(H,22,23,25). The highest BCUT2D eigenvalue weighted by molar-refractivity contribution is 7.92. The molecule has 1 atom stereocenters. The molecule has 168 valence electrons. The van der Waals surface area contributed by atoms with Gasteiger partial charge in [0.05, 0.1) is 22.1 Å². The molecule has 1 aromatic heterocycles. The van der Waals surface area contributed by atoms with E-state index in [1.54, 1.807) is 0 Å². The summed E-state index contributed by atoms with van der Waals surface area (Å²) >= 11 is 1.27. The molecule has 1 amide bonds. The molecule has 2 aromatic carbocycles. The summed E-state index contributed by atoms with van der Waals surface area (Å²) < 4.78 is 50.9. The Balaban J connectivity index is 1.47. The fourth-order valence-corrected chi connectivity index (χ4v) is 7.15. The maximum absolute atomic E-state index is 12.7. The minimum atomic E-state index is -3.97. The summed E-state index contributed by atoms with van der Waals surface area (Å²) in [7, 11) is -7.19. The van der Waals surface area contributed by atoms with E-state index >= 15 is 0 Å². The van der Waals surface area contributed by atoms with Crippen molar-refractivity contribution in [1.82, 2.24) is 9.71 Å². The van der Waals surface area contributed by atoms with E-state index in [1.807, 2.05) is 36.6 Å². The number of hydrogen-bond acceptors (Lipinski definition) is 7. The second-order valence-corrected chi connectivity index (χ2v) is 12.4. The third kappa shape index (κ3) is 5.23. The minimum absolute atomic E-state index is 0.0407. The lowest BCUT2D eigenvalue weighted by molar-refractivity contribution is 0.102. The Morgan fingerprint density at radius 1 is 1.16 bits per heavy atom. The van der Waals surface area contributed by atoms with E-state index in [4.69, 9.17) is 0 Å². The number of hydrogen-bond donors (Lipinski definition) is 2. The fraction of sp³-hybridized carbons (Fsp3) is 0.238. The van der Waals surface area contributed by atoms with E-state index in [1.165, 1.54) is 35.6 Å². The second-order valence-electron chi connectivity index (χ2n) is 7.61. The normalized spacial score (nSPS) is 17.8. The van der Waals surface area contributed by atoms with Gasteiger partial charge in [-0.15, -0.1) is 11.3 Å². The molecular formula is C21H21N3O5S3. The molecule has 3 aromatic rings. The summed E-state index contributed by atoms with van der Waals surface area (Å²) in [6.45, 7) is 2.00. The van der Waals surface area contributed by atoms with Gasteiger partial charge in [-0.05, 0) is 31.5 Å². The van der Waals surface area contributed by atoms with Gasteiger partial charge in [-0.25, -0.2) is 26.5 Å². The quantitative estimate of drug-likeness (QED) is 0.547. The molecule has 2 heterocycles. The van der Waals surface area contributed by atoms with Crippen LogP contribution in [0.15, 0.2) is 58.8 Å². The van der Waals surface area contributed by atoms with Crippen molar-refractivity contribution in [3.63, 3.8) is 0 Å². The van der Waals surface area contributed by atoms with Crippen LogP contribution in [-0.2, 0) is 19.9 Å². The van der Waals surface area contributed by atoms with Crippen LogP contribution < -0.4 is 10.0 Å². The number of nitrogens with zero attached hydrogens (tertiary/aromatic N) is 1. The zero-order valence-electron chi connectivity index (χ0n) is 17.1. The first kappa shape index (κ1) is 22.6. The van der Waals surface area contributed by atoms with Gasteiger partial charge >= 0.3 is 0 Å². The lowest BCUT2D eigenvalue weighted by Gasteiger charge is -2.12. The number of aryl methyl sites for hydroxylation is 1. The maximum Gasteiger partial charge on any atom is 0.257 e. The number of anilines is 1. The lowest BCUT2D eigenvalue weighted by Crippen LogP contribution is -2.35. The highest BCUT2D eigenvalue weighted by Crippen LogP contribution is 2.26. The molecular weight excluding hydrogens is 470 g/mol. The minimum Gasteiger partial charge on any atom is -0.298 e. The smallest absolute Gasteiger partial charge is 0.257 e. The average molecular weight is 492 g/mol. The molecule has 0 saturated carbocycles. The van der Waals surface area contributed by atoms with Gasteiger partial charge < -0.3 is 0 Å². The van der Waals surface area contributed by atoms with Gasteiger partial charge in [0.2, 0.25) is 10.0 Å². The van der Waals surface area contributed by atoms with Crippen molar-refractivity contribution < 1.29 is 21.6 Å². The number of thiazole rings is 1. The van der Waals surface area contributed by atoms with Crippen LogP contribution >= 0.6 is 11.3 Å². The van der Waals surface area contributed by atoms with Crippen molar-refractivity contribution in [2.45, 2.75) is 24.3 Å². The Hall–Kier alpha value is -2.60. The molecule has 8 nitrogen and oxygen atoms in total. The van der Waals surface area contributed by atoms with Gasteiger partial charge in [0.1, 0.15) is 0 Å². The van der Waals surface area contributed by atoms with Gasteiger partial charge in [-0.1, -0.05) is 35.9 Å². The third-order valence-corrected chi connectivity index (χ3v) is 9.08. The molecule has 0 spiro atoms. The first-order valence-electron chi connectivity index (χ1n) is 9.78. The van der Waals surface area contributed by atoms with Crippen LogP contribution in [0.1, 0.15) is 22.3 Å². The molecule has 0 bridgehead atoms. The predicted molar refractivity (Wildman–Crippen MR) is 124 cm³/mol. The molecule has 0 aliphatic carbocycles. The molecule has 1 unspecified atom stereocenters. The topological polar surface area (TPSA) is 122 Å². The van der Waals surface area contributed by atoms with Crippen molar-refractivity contribution in [2.75, 3.05) is 16.8 Å². The SMILES string of the molecule is Cc1ccc(-c2csc(NC(=O)c3cccc(S(=O)(=O)NC4CCS(=O)(=O)C4)c3)n2)cc1. The number of carbonyl (C=O) groups is 1. The van der Waals surface area contributed by atoms with Crippen LogP contribution in [0, 0.1) is 6.92 Å². The summed E-state index contributed by atoms with van der Waals surface area (Å²) in [5.74, 6) is -0.754. The third-order valence-electron chi connectivity index (χ3n) is 5.03. The number of carbonyl (C=O) groups excluding carboxylic acids is 1. The van der Waals surface area contributed by atoms with Crippen molar-refractivity contribution in [3.05, 3.63) is 65.0 Å². The van der Waals surface area contributed by atoms with Crippen LogP contribution in [0.4, 0.5) is 5.13 Å². The Morgan fingerprint density at radius 3 is 2.59 bits per heavy atom. The van der Waals surface area contributed by atoms with Crippen LogP contribution in [0.5, 0.6) is 0 Å². The number of benzene rings is 2. The molecule has 32 heavy (non-hydrogen) atoms. The number of sulfonamides is 1. The van der Waals surface area contributed by atoms with E-state index in [0.717, 1.165) is 16.8 Å². The Labute approximate surface area is 190 Å². The lowest BCUT2D eigenvalue weighted by atomic mass is 10.1. The summed E-state index contributed by atoms with van der Waals surface area (Å²) in [4.78, 5) is 17.0. The molecule has 1 saturated heterocycles. The Bertz CT molecular complexity index is 1360. The van der Waals surface area contributed by atoms with Crippen molar-refractivity contribution >= 4 is 42.2 Å². The molecule has 2 N–H and O–H groups in total. The number of amides is 1. The number of sulfone groups is 1. The van der Waals surface area contributed by atoms with Crippen molar-refractivity contribution in [1.29, 1.82) is 0 Å². The average Bonchev–Trinajstić information content (AvgIpc) is 3.34. The summed E-state index contributed by atoms with van der Waals surface area (Å²) in [6.07, 6.45) is 0.231. The van der Waals surface area contributed by atoms with E-state index in [0.29, 0.717) is 5.13 Å². The molecule has 1 aliphatic heterocycles. The van der Waals surface area contributed by atoms with Crippen LogP contribution in [0.3, 0.4) is 0 Å². The van der Waals surface area contributed by atoms with Crippen molar-refractivity contribution in [2.24, 2.45) is 0 Å². The first-order chi connectivity index (χ1) is 15.1. The van der Waals surface area contributed by atoms with E-state index in [-0.39, 0.29) is 28.4 Å². The van der Waals surface area contributed by atoms with Gasteiger partial charge in [0.15, 0.2) is 15.0 Å². The molecule has 4 rings (SSSR count). The number of aromatic nitrogens is 1. The van der Waals surface area contributed by atoms with Crippen molar-refractivity contribution in [3.8, 4) is 11.3 Å². The van der Waals surface area contributed by atoms with Gasteiger partial charge in [0, 0.05) is 22.5 Å².